The van der Waals surface area contributed by atoms with Crippen molar-refractivity contribution in [2.45, 2.75) is 39.5 Å². The maximum absolute atomic E-state index is 11.6. The van der Waals surface area contributed by atoms with E-state index in [1.54, 1.807) is 0 Å². The van der Waals surface area contributed by atoms with Crippen LogP contribution in [0.5, 0.6) is 0 Å². The Balaban J connectivity index is 2.62. The molecule has 0 aromatic heterocycles. The number of hydrogen-bond donors (Lipinski definition) is 1. The topological polar surface area (TPSA) is 49.4 Å². The number of anilines is 1. The zero-order valence-electron chi connectivity index (χ0n) is 12.1. The second-order valence-corrected chi connectivity index (χ2v) is 5.89. The van der Waals surface area contributed by atoms with E-state index < -0.39 is 0 Å². The molecule has 0 spiro atoms. The lowest BCUT2D eigenvalue weighted by Crippen LogP contribution is -2.44. The molecule has 0 heterocycles. The summed E-state index contributed by atoms with van der Waals surface area (Å²) >= 11 is 0. The van der Waals surface area contributed by atoms with Crippen LogP contribution in [0.4, 0.5) is 5.69 Å². The Morgan fingerprint density at radius 3 is 2.22 bits per heavy atom. The molecule has 18 heavy (non-hydrogen) atoms. The Kier molecular flexibility index (Phi) is 4.68. The van der Waals surface area contributed by atoms with Gasteiger partial charge in [-0.05, 0) is 25.4 Å². The third-order valence-electron chi connectivity index (χ3n) is 3.06. The van der Waals surface area contributed by atoms with E-state index in [2.05, 4.69) is 24.2 Å². The molecule has 1 N–H and O–H groups in total. The molecule has 0 aliphatic heterocycles. The summed E-state index contributed by atoms with van der Waals surface area (Å²) < 4.78 is 0. The van der Waals surface area contributed by atoms with Gasteiger partial charge < -0.3 is 10.2 Å². The minimum atomic E-state index is -0.363. The smallest absolute Gasteiger partial charge is 0.249 e. The van der Waals surface area contributed by atoms with Crippen LogP contribution in [0.3, 0.4) is 0 Å². The zero-order valence-corrected chi connectivity index (χ0v) is 12.1. The number of rotatable bonds is 6. The third kappa shape index (κ3) is 3.19. The van der Waals surface area contributed by atoms with Crippen molar-refractivity contribution in [2.75, 3.05) is 32.0 Å². The first kappa shape index (κ1) is 14.9. The van der Waals surface area contributed by atoms with Crippen LogP contribution in [0, 0.1) is 0 Å². The summed E-state index contributed by atoms with van der Waals surface area (Å²) in [4.78, 5) is 25.3. The van der Waals surface area contributed by atoms with Crippen molar-refractivity contribution in [3.05, 3.63) is 26.0 Å². The first-order valence-electron chi connectivity index (χ1n) is 6.55. The molecule has 0 radical (unpaired) electrons. The fourth-order valence-corrected chi connectivity index (χ4v) is 2.14. The van der Waals surface area contributed by atoms with E-state index in [9.17, 15) is 9.59 Å². The lowest BCUT2D eigenvalue weighted by Gasteiger charge is -2.24. The Hall–Kier alpha value is -1.16. The largest absolute Gasteiger partial charge is 0.380 e. The summed E-state index contributed by atoms with van der Waals surface area (Å²) in [6.07, 6.45) is 1.11. The molecule has 1 aromatic rings. The van der Waals surface area contributed by atoms with Gasteiger partial charge in [-0.2, -0.15) is 0 Å². The van der Waals surface area contributed by atoms with Gasteiger partial charge in [-0.1, -0.05) is 27.7 Å². The van der Waals surface area contributed by atoms with Crippen LogP contribution in [0.15, 0.2) is 9.59 Å². The van der Waals surface area contributed by atoms with Crippen LogP contribution in [-0.2, 0) is 5.41 Å². The Morgan fingerprint density at radius 2 is 1.72 bits per heavy atom. The molecular formula is C14H24N2O2. The minimum Gasteiger partial charge on any atom is -0.380 e. The quantitative estimate of drug-likeness (QED) is 0.776. The van der Waals surface area contributed by atoms with E-state index in [0.717, 1.165) is 19.5 Å². The highest BCUT2D eigenvalue weighted by Gasteiger charge is 2.29. The molecule has 1 rings (SSSR count). The van der Waals surface area contributed by atoms with E-state index in [4.69, 9.17) is 0 Å². The Bertz CT molecular complexity index is 465. The van der Waals surface area contributed by atoms with E-state index >= 15 is 0 Å². The zero-order chi connectivity index (χ0) is 13.9. The molecule has 0 fully saturated rings. The molecule has 0 unspecified atom stereocenters. The maximum atomic E-state index is 11.6. The SMILES string of the molecule is CCCN(C)CCNc1c(C(C)(C)C)c(=O)c1=O. The third-order valence-corrected chi connectivity index (χ3v) is 3.06. The summed E-state index contributed by atoms with van der Waals surface area (Å²) in [5.41, 5.74) is 0.218. The number of nitrogens with one attached hydrogen (secondary N) is 1. The van der Waals surface area contributed by atoms with Crippen LogP contribution < -0.4 is 16.2 Å². The van der Waals surface area contributed by atoms with Crippen molar-refractivity contribution in [3.63, 3.8) is 0 Å². The average molecular weight is 252 g/mol. The van der Waals surface area contributed by atoms with Crippen molar-refractivity contribution in [3.8, 4) is 0 Å². The van der Waals surface area contributed by atoms with Gasteiger partial charge in [0, 0.05) is 18.7 Å². The molecule has 4 heteroatoms. The fraction of sp³-hybridized carbons (Fsp3) is 0.714. The molecule has 0 saturated heterocycles. The van der Waals surface area contributed by atoms with Crippen LogP contribution in [0.2, 0.25) is 0 Å². The lowest BCUT2D eigenvalue weighted by atomic mass is 9.82. The predicted molar refractivity (Wildman–Crippen MR) is 76.3 cm³/mol. The van der Waals surface area contributed by atoms with E-state index in [-0.39, 0.29) is 16.3 Å². The molecule has 0 amide bonds. The molecule has 0 atom stereocenters. The lowest BCUT2D eigenvalue weighted by molar-refractivity contribution is 0.347. The highest BCUT2D eigenvalue weighted by Crippen LogP contribution is 2.25. The Morgan fingerprint density at radius 1 is 1.11 bits per heavy atom. The molecule has 0 aliphatic rings. The van der Waals surface area contributed by atoms with Gasteiger partial charge in [0.05, 0.1) is 5.69 Å². The molecule has 0 saturated carbocycles. The normalized spacial score (nSPS) is 12.3. The van der Waals surface area contributed by atoms with Crippen molar-refractivity contribution in [1.29, 1.82) is 0 Å². The van der Waals surface area contributed by atoms with Gasteiger partial charge in [0.1, 0.15) is 0 Å². The number of likely N-dealkylation sites (N-methyl/N-ethyl adjacent to an activating group) is 1. The van der Waals surface area contributed by atoms with Crippen LogP contribution in [0.1, 0.15) is 39.7 Å². The molecule has 0 aliphatic carbocycles. The summed E-state index contributed by atoms with van der Waals surface area (Å²) in [6.45, 7) is 10.6. The number of hydrogen-bond acceptors (Lipinski definition) is 4. The molecule has 1 aromatic carbocycles. The van der Waals surface area contributed by atoms with E-state index in [1.807, 2.05) is 20.8 Å². The number of nitrogens with zero attached hydrogens (tertiary/aromatic N) is 1. The van der Waals surface area contributed by atoms with Crippen molar-refractivity contribution < 1.29 is 0 Å². The van der Waals surface area contributed by atoms with E-state index in [1.165, 1.54) is 0 Å². The van der Waals surface area contributed by atoms with Gasteiger partial charge >= 0.3 is 0 Å². The van der Waals surface area contributed by atoms with Crippen molar-refractivity contribution in [2.24, 2.45) is 0 Å². The standard InChI is InChI=1S/C14H24N2O2/c1-6-8-16(5)9-7-15-11-10(14(2,3)4)12(17)13(11)18/h15H,6-9H2,1-5H3. The molecular weight excluding hydrogens is 228 g/mol. The minimum absolute atomic E-state index is 0.261. The maximum Gasteiger partial charge on any atom is 0.249 e. The molecule has 4 nitrogen and oxygen atoms in total. The summed E-state index contributed by atoms with van der Waals surface area (Å²) in [6, 6.07) is 0. The predicted octanol–water partition coefficient (Wildman–Crippen LogP) is 1.33. The van der Waals surface area contributed by atoms with Gasteiger partial charge in [-0.25, -0.2) is 0 Å². The van der Waals surface area contributed by atoms with Gasteiger partial charge in [0.2, 0.25) is 10.9 Å². The fourth-order valence-electron chi connectivity index (χ4n) is 2.14. The second kappa shape index (κ2) is 5.65. The monoisotopic (exact) mass is 252 g/mol. The van der Waals surface area contributed by atoms with Crippen molar-refractivity contribution >= 4 is 5.69 Å². The highest BCUT2D eigenvalue weighted by molar-refractivity contribution is 5.59. The van der Waals surface area contributed by atoms with Crippen molar-refractivity contribution in [1.82, 2.24) is 4.90 Å². The van der Waals surface area contributed by atoms with Gasteiger partial charge in [0.15, 0.2) is 0 Å². The second-order valence-electron chi connectivity index (χ2n) is 5.89. The van der Waals surface area contributed by atoms with Crippen LogP contribution >= 0.6 is 0 Å². The average Bonchev–Trinajstić information content (AvgIpc) is 2.25. The van der Waals surface area contributed by atoms with Crippen LogP contribution in [0.25, 0.3) is 0 Å². The summed E-state index contributed by atoms with van der Waals surface area (Å²) in [7, 11) is 2.05. The van der Waals surface area contributed by atoms with Gasteiger partial charge in [0.25, 0.3) is 0 Å². The van der Waals surface area contributed by atoms with Gasteiger partial charge in [-0.15, -0.1) is 0 Å². The first-order chi connectivity index (χ1) is 8.29. The summed E-state index contributed by atoms with van der Waals surface area (Å²) in [5.74, 6) is 0. The summed E-state index contributed by atoms with van der Waals surface area (Å²) in [5, 5.41) is 3.11. The molecule has 0 bridgehead atoms. The molecule has 102 valence electrons. The first-order valence-corrected chi connectivity index (χ1v) is 6.55. The Labute approximate surface area is 109 Å². The highest BCUT2D eigenvalue weighted by atomic mass is 16.2. The van der Waals surface area contributed by atoms with Crippen LogP contribution in [-0.4, -0.2) is 31.6 Å². The van der Waals surface area contributed by atoms with Gasteiger partial charge in [-0.3, -0.25) is 9.59 Å². The van der Waals surface area contributed by atoms with E-state index in [0.29, 0.717) is 17.8 Å².